The van der Waals surface area contributed by atoms with Crippen molar-refractivity contribution in [1.29, 1.82) is 0 Å². The van der Waals surface area contributed by atoms with Crippen molar-refractivity contribution in [2.45, 2.75) is 5.41 Å². The molecule has 0 saturated carbocycles. The molecule has 1 spiro atoms. The van der Waals surface area contributed by atoms with E-state index in [1.165, 1.54) is 127 Å². The van der Waals surface area contributed by atoms with Gasteiger partial charge in [-0.3, -0.25) is 29.9 Å². The van der Waals surface area contributed by atoms with Crippen LogP contribution in [0.5, 0.6) is 0 Å². The highest BCUT2D eigenvalue weighted by Gasteiger charge is 2.52. The van der Waals surface area contributed by atoms with Crippen molar-refractivity contribution in [3.8, 4) is 122 Å². The highest BCUT2D eigenvalue weighted by Crippen LogP contribution is 2.64. The zero-order valence-electron chi connectivity index (χ0n) is 79.8. The van der Waals surface area contributed by atoms with Crippen molar-refractivity contribution in [3.05, 3.63) is 520 Å². The molecule has 0 aliphatic heterocycles. The van der Waals surface area contributed by atoms with E-state index in [2.05, 4.69) is 442 Å². The van der Waals surface area contributed by atoms with Gasteiger partial charge in [-0.1, -0.05) is 364 Å². The van der Waals surface area contributed by atoms with E-state index in [-0.39, 0.29) is 0 Å². The summed E-state index contributed by atoms with van der Waals surface area (Å²) in [7, 11) is 0. The molecule has 148 heavy (non-hydrogen) atoms. The maximum Gasteiger partial charge on any atom is 0.143 e. The lowest BCUT2D eigenvalue weighted by Crippen LogP contribution is -2.26. The molecule has 0 bridgehead atoms. The lowest BCUT2D eigenvalue weighted by atomic mass is 9.70. The molecule has 0 N–H and O–H groups in total. The van der Waals surface area contributed by atoms with E-state index in [0.29, 0.717) is 0 Å². The van der Waals surface area contributed by atoms with Gasteiger partial charge in [0.2, 0.25) is 0 Å². The summed E-state index contributed by atoms with van der Waals surface area (Å²) in [5, 5.41) is 20.6. The van der Waals surface area contributed by atoms with Gasteiger partial charge >= 0.3 is 0 Å². The molecule has 2 aliphatic rings. The molecule has 0 fully saturated rings. The Morgan fingerprint density at radius 3 is 0.838 bits per heavy atom. The third kappa shape index (κ3) is 13.3. The number of aromatic nitrogens is 6. The molecule has 30 aromatic rings. The molecule has 6 heterocycles. The van der Waals surface area contributed by atoms with Crippen LogP contribution in [-0.4, -0.2) is 29.9 Å². The van der Waals surface area contributed by atoms with E-state index in [1.54, 1.807) is 37.2 Å². The van der Waals surface area contributed by atoms with Crippen molar-refractivity contribution in [1.82, 2.24) is 29.9 Å². The summed E-state index contributed by atoms with van der Waals surface area (Å²) in [5.41, 5.74) is 42.0. The maximum atomic E-state index is 6.80. The van der Waals surface area contributed by atoms with Gasteiger partial charge in [-0.25, -0.2) is 0 Å². The SMILES string of the molecule is c1ccc(-c2ccc3oc4ccc(-c5cccc(-c6ccc7c(c6)c6ccccc6c6nccnc76)c5)cc4c3c2)cc1.c1ccc(-c2cccc3c2oc2c(-c4ccccc4)cc(-c4cccc(-c5ccc6c(c5)c5ccccc5c5nccnc65)c4)cc23)cc1.c1ccc2c(c1)-c1ccccc1C21c2cc(-c3ccc4oc5ccccc5c4c3)ccc2-c2ccc(-c3ccc4c(c3)c3ccccc3c3nccnc43)cc21. The number of rotatable bonds is 9. The Morgan fingerprint density at radius 2 is 0.399 bits per heavy atom. The molecule has 686 valence electrons. The van der Waals surface area contributed by atoms with Crippen LogP contribution < -0.4 is 0 Å². The Balaban J connectivity index is 0.000000103. The monoisotopic (exact) mass is 1880 g/mol. The molecule has 0 amide bonds. The summed E-state index contributed by atoms with van der Waals surface area (Å²) >= 11 is 0. The minimum atomic E-state index is -0.481. The van der Waals surface area contributed by atoms with Crippen LogP contribution in [-0.2, 0) is 5.41 Å². The Labute approximate surface area is 849 Å². The normalized spacial score (nSPS) is 12.4. The molecule has 2 aliphatic carbocycles. The standard InChI is InChI=1S/C53H30N2O.C46H28N2O.C40H24N2O/c1-2-13-41-35(9-1)43-27-31(19-23-42(43)52-51(41)54-25-26-55-52)33-17-21-38-39-22-18-34(32-20-24-50-44(28-32)40-12-5-8-16-49(40)56-50)30-48(39)53(47(38)29-33)45-14-6-3-10-36(45)37-11-4-7-15-46(37)53;1-3-11-29(12-4-1)35-19-10-20-39-42-28-34(27-40(46(42)49-45(35)39)30-13-5-2-6-14-30)32-16-9-15-31(25-32)33-21-22-38-41(26-33)36-17-7-8-18-37(36)43-44(38)48-24-23-47-43;1-2-7-25(8-3-1)28-14-17-37-35(23-28)36-24-30(15-18-38(36)43-37)27-10-6-9-26(21-27)29-13-16-33-34(22-29)31-11-4-5-12-32(31)39-40(33)42-20-19-41-39/h1-30H;1-28H;1-24H. The van der Waals surface area contributed by atoms with Gasteiger partial charge in [0.15, 0.2) is 0 Å². The highest BCUT2D eigenvalue weighted by molar-refractivity contribution is 6.27. The average Bonchev–Trinajstić information content (AvgIpc) is 1.50. The topological polar surface area (TPSA) is 117 Å². The van der Waals surface area contributed by atoms with Crippen molar-refractivity contribution < 1.29 is 13.3 Å². The molecule has 0 unspecified atom stereocenters. The summed E-state index contributed by atoms with van der Waals surface area (Å²) < 4.78 is 19.2. The average molecular weight is 1880 g/mol. The number of fused-ring (bicyclic) bond motifs is 37. The van der Waals surface area contributed by atoms with E-state index in [1.807, 2.05) is 24.3 Å². The van der Waals surface area contributed by atoms with Gasteiger partial charge in [0, 0.05) is 113 Å². The first-order chi connectivity index (χ1) is 73.3. The third-order valence-electron chi connectivity index (χ3n) is 30.9. The Kier molecular flexibility index (Phi) is 19.1. The zero-order chi connectivity index (χ0) is 97.2. The molecule has 9 nitrogen and oxygen atoms in total. The van der Waals surface area contributed by atoms with E-state index in [0.717, 1.165) is 181 Å². The van der Waals surface area contributed by atoms with Crippen LogP contribution in [0.4, 0.5) is 0 Å². The number of para-hydroxylation sites is 2. The van der Waals surface area contributed by atoms with Gasteiger partial charge in [-0.2, -0.15) is 0 Å². The highest BCUT2D eigenvalue weighted by atomic mass is 16.3. The molecular weight excluding hydrogens is 1800 g/mol. The fourth-order valence-corrected chi connectivity index (χ4v) is 24.1. The van der Waals surface area contributed by atoms with Crippen molar-refractivity contribution in [2.75, 3.05) is 0 Å². The van der Waals surface area contributed by atoms with Crippen LogP contribution in [0.25, 0.3) is 286 Å². The van der Waals surface area contributed by atoms with E-state index in [9.17, 15) is 0 Å². The third-order valence-corrected chi connectivity index (χ3v) is 30.9. The van der Waals surface area contributed by atoms with Gasteiger partial charge in [-0.15, -0.1) is 0 Å². The summed E-state index contributed by atoms with van der Waals surface area (Å²) in [6.07, 6.45) is 10.7. The Hall–Kier alpha value is -19.7. The van der Waals surface area contributed by atoms with Crippen molar-refractivity contribution in [3.63, 3.8) is 0 Å². The van der Waals surface area contributed by atoms with E-state index in [4.69, 9.17) is 38.2 Å². The summed E-state index contributed by atoms with van der Waals surface area (Å²) in [5.74, 6) is 0. The quantitative estimate of drug-likeness (QED) is 0.130. The molecule has 6 aromatic heterocycles. The lowest BCUT2D eigenvalue weighted by molar-refractivity contribution is 0.668. The van der Waals surface area contributed by atoms with E-state index >= 15 is 0 Å². The molecule has 24 aromatic carbocycles. The van der Waals surface area contributed by atoms with Crippen molar-refractivity contribution in [2.24, 2.45) is 0 Å². The van der Waals surface area contributed by atoms with Crippen LogP contribution in [0.1, 0.15) is 22.3 Å². The van der Waals surface area contributed by atoms with Gasteiger partial charge in [-0.05, 0) is 263 Å². The van der Waals surface area contributed by atoms with Crippen LogP contribution >= 0.6 is 0 Å². The summed E-state index contributed by atoms with van der Waals surface area (Å²) in [6, 6.07) is 166. The maximum absolute atomic E-state index is 6.80. The van der Waals surface area contributed by atoms with Crippen LogP contribution in [0.15, 0.2) is 511 Å². The number of hydrogen-bond acceptors (Lipinski definition) is 9. The predicted molar refractivity (Wildman–Crippen MR) is 611 cm³/mol. The molecule has 0 radical (unpaired) electrons. The predicted octanol–water partition coefficient (Wildman–Crippen LogP) is 36.9. The largest absolute Gasteiger partial charge is 0.456 e. The fourth-order valence-electron chi connectivity index (χ4n) is 24.1. The first-order valence-corrected chi connectivity index (χ1v) is 50.3. The van der Waals surface area contributed by atoms with Gasteiger partial charge < -0.3 is 13.3 Å². The first kappa shape index (κ1) is 84.0. The Morgan fingerprint density at radius 1 is 0.128 bits per heavy atom. The fraction of sp³-hybridized carbons (Fsp3) is 0.00719. The molecular formula is C139H82N6O3. The zero-order valence-corrected chi connectivity index (χ0v) is 79.8. The smallest absolute Gasteiger partial charge is 0.143 e. The van der Waals surface area contributed by atoms with Crippen LogP contribution in [0.3, 0.4) is 0 Å². The lowest BCUT2D eigenvalue weighted by Gasteiger charge is -2.31. The second-order valence-electron chi connectivity index (χ2n) is 38.8. The van der Waals surface area contributed by atoms with Crippen LogP contribution in [0, 0.1) is 0 Å². The Bertz CT molecular complexity index is 10700. The minimum Gasteiger partial charge on any atom is -0.456 e. The summed E-state index contributed by atoms with van der Waals surface area (Å²) in [4.78, 5) is 28.4. The van der Waals surface area contributed by atoms with Gasteiger partial charge in [0.1, 0.15) is 33.5 Å². The number of nitrogens with zero attached hydrogens (tertiary/aromatic N) is 6. The van der Waals surface area contributed by atoms with Crippen molar-refractivity contribution >= 4 is 164 Å². The molecule has 9 heteroatoms. The summed E-state index contributed by atoms with van der Waals surface area (Å²) in [6.45, 7) is 0. The molecule has 32 rings (SSSR count). The van der Waals surface area contributed by atoms with Gasteiger partial charge in [0.05, 0.1) is 38.5 Å². The first-order valence-electron chi connectivity index (χ1n) is 50.3. The number of hydrogen-bond donors (Lipinski definition) is 0. The number of furan rings is 3. The number of benzene rings is 24. The minimum absolute atomic E-state index is 0.481. The molecule has 0 atom stereocenters. The van der Waals surface area contributed by atoms with E-state index < -0.39 is 5.41 Å². The second kappa shape index (κ2) is 33.7. The second-order valence-corrected chi connectivity index (χ2v) is 38.8. The van der Waals surface area contributed by atoms with Gasteiger partial charge in [0.25, 0.3) is 0 Å². The van der Waals surface area contributed by atoms with Crippen LogP contribution in [0.2, 0.25) is 0 Å². The molecule has 0 saturated heterocycles.